The molecular weight excluding hydrogens is 190 g/mol. The summed E-state index contributed by atoms with van der Waals surface area (Å²) in [6.45, 7) is 7.17. The van der Waals surface area contributed by atoms with Crippen molar-refractivity contribution in [3.05, 3.63) is 0 Å². The van der Waals surface area contributed by atoms with Gasteiger partial charge in [-0.25, -0.2) is 0 Å². The number of rotatable bonds is 1. The van der Waals surface area contributed by atoms with Gasteiger partial charge in [0.15, 0.2) is 0 Å². The highest BCUT2D eigenvalue weighted by Gasteiger charge is 2.46. The summed E-state index contributed by atoms with van der Waals surface area (Å²) in [6.07, 6.45) is 5.53. The van der Waals surface area contributed by atoms with Crippen molar-refractivity contribution in [1.82, 2.24) is 5.32 Å². The fourth-order valence-electron chi connectivity index (χ4n) is 2.93. The summed E-state index contributed by atoms with van der Waals surface area (Å²) in [4.78, 5) is 0.443. The quantitative estimate of drug-likeness (QED) is 0.717. The standard InChI is InChI=1S/C12H23NS/c1-4-11-8-14-12(13-11)7-5-6-9(2)10(12)3/h9-11,13H,4-8H2,1-3H3. The van der Waals surface area contributed by atoms with Crippen LogP contribution in [0.2, 0.25) is 0 Å². The van der Waals surface area contributed by atoms with Crippen molar-refractivity contribution in [2.75, 3.05) is 5.75 Å². The average molecular weight is 213 g/mol. The molecule has 0 amide bonds. The Hall–Kier alpha value is 0.310. The smallest absolute Gasteiger partial charge is 0.0676 e. The molecule has 2 rings (SSSR count). The SMILES string of the molecule is CCC1CSC2(CCCC(C)C2C)N1. The molecule has 1 aliphatic carbocycles. The second-order valence-corrected chi connectivity index (χ2v) is 6.46. The van der Waals surface area contributed by atoms with Gasteiger partial charge < -0.3 is 0 Å². The minimum Gasteiger partial charge on any atom is -0.299 e. The van der Waals surface area contributed by atoms with E-state index in [4.69, 9.17) is 0 Å². The molecule has 1 heterocycles. The summed E-state index contributed by atoms with van der Waals surface area (Å²) in [5.74, 6) is 3.07. The Balaban J connectivity index is 2.07. The van der Waals surface area contributed by atoms with E-state index in [1.165, 1.54) is 31.4 Å². The van der Waals surface area contributed by atoms with Crippen LogP contribution in [0.25, 0.3) is 0 Å². The molecule has 1 saturated heterocycles. The number of hydrogen-bond acceptors (Lipinski definition) is 2. The summed E-state index contributed by atoms with van der Waals surface area (Å²) >= 11 is 2.20. The number of thioether (sulfide) groups is 1. The molecule has 2 fully saturated rings. The molecule has 1 spiro atoms. The van der Waals surface area contributed by atoms with Crippen LogP contribution >= 0.6 is 11.8 Å². The highest BCUT2D eigenvalue weighted by molar-refractivity contribution is 8.00. The first kappa shape index (κ1) is 10.8. The van der Waals surface area contributed by atoms with Crippen molar-refractivity contribution < 1.29 is 0 Å². The minimum atomic E-state index is 0.443. The van der Waals surface area contributed by atoms with E-state index in [1.807, 2.05) is 0 Å². The van der Waals surface area contributed by atoms with Gasteiger partial charge in [-0.05, 0) is 24.7 Å². The summed E-state index contributed by atoms with van der Waals surface area (Å²) in [7, 11) is 0. The van der Waals surface area contributed by atoms with Crippen molar-refractivity contribution in [2.24, 2.45) is 11.8 Å². The van der Waals surface area contributed by atoms with Crippen molar-refractivity contribution in [3.8, 4) is 0 Å². The van der Waals surface area contributed by atoms with Crippen LogP contribution in [0.4, 0.5) is 0 Å². The van der Waals surface area contributed by atoms with E-state index in [1.54, 1.807) is 0 Å². The van der Waals surface area contributed by atoms with E-state index in [2.05, 4.69) is 37.8 Å². The number of hydrogen-bond donors (Lipinski definition) is 1. The maximum atomic E-state index is 3.90. The lowest BCUT2D eigenvalue weighted by molar-refractivity contribution is 0.179. The van der Waals surface area contributed by atoms with Crippen molar-refractivity contribution in [2.45, 2.75) is 57.4 Å². The molecule has 2 aliphatic rings. The zero-order valence-corrected chi connectivity index (χ0v) is 10.5. The lowest BCUT2D eigenvalue weighted by atomic mass is 9.77. The Morgan fingerprint density at radius 3 is 2.86 bits per heavy atom. The largest absolute Gasteiger partial charge is 0.299 e. The predicted molar refractivity (Wildman–Crippen MR) is 64.6 cm³/mol. The second kappa shape index (κ2) is 4.05. The van der Waals surface area contributed by atoms with E-state index < -0.39 is 0 Å². The maximum Gasteiger partial charge on any atom is 0.0676 e. The van der Waals surface area contributed by atoms with E-state index in [0.29, 0.717) is 4.87 Å². The van der Waals surface area contributed by atoms with Gasteiger partial charge in [0.2, 0.25) is 0 Å². The third kappa shape index (κ3) is 1.71. The average Bonchev–Trinajstić information content (AvgIpc) is 2.59. The van der Waals surface area contributed by atoms with Gasteiger partial charge in [-0.1, -0.05) is 33.6 Å². The van der Waals surface area contributed by atoms with Gasteiger partial charge in [0.1, 0.15) is 0 Å². The van der Waals surface area contributed by atoms with Crippen LogP contribution in [0.3, 0.4) is 0 Å². The molecule has 1 nitrogen and oxygen atoms in total. The fourth-order valence-corrected chi connectivity index (χ4v) is 4.78. The summed E-state index contributed by atoms with van der Waals surface area (Å²) in [5.41, 5.74) is 0. The first-order valence-electron chi connectivity index (χ1n) is 6.09. The molecular formula is C12H23NS. The van der Waals surface area contributed by atoms with Gasteiger partial charge in [0.05, 0.1) is 4.87 Å². The molecule has 0 radical (unpaired) electrons. The normalized spacial score (nSPS) is 48.6. The third-order valence-corrected chi connectivity index (χ3v) is 6.06. The van der Waals surface area contributed by atoms with E-state index >= 15 is 0 Å². The monoisotopic (exact) mass is 213 g/mol. The zero-order chi connectivity index (χ0) is 10.2. The second-order valence-electron chi connectivity index (χ2n) is 5.11. The van der Waals surface area contributed by atoms with Crippen LogP contribution in [0, 0.1) is 11.8 Å². The van der Waals surface area contributed by atoms with E-state index in [-0.39, 0.29) is 0 Å². The minimum absolute atomic E-state index is 0.443. The molecule has 1 aliphatic heterocycles. The van der Waals surface area contributed by atoms with Crippen molar-refractivity contribution in [1.29, 1.82) is 0 Å². The van der Waals surface area contributed by atoms with Gasteiger partial charge in [0, 0.05) is 11.8 Å². The van der Waals surface area contributed by atoms with Crippen molar-refractivity contribution in [3.63, 3.8) is 0 Å². The molecule has 2 heteroatoms. The van der Waals surface area contributed by atoms with Crippen LogP contribution in [0.5, 0.6) is 0 Å². The number of nitrogens with one attached hydrogen (secondary N) is 1. The van der Waals surface area contributed by atoms with Crippen LogP contribution in [-0.2, 0) is 0 Å². The fraction of sp³-hybridized carbons (Fsp3) is 1.00. The van der Waals surface area contributed by atoms with Gasteiger partial charge in [-0.2, -0.15) is 0 Å². The van der Waals surface area contributed by atoms with E-state index in [9.17, 15) is 0 Å². The molecule has 0 aromatic heterocycles. The topological polar surface area (TPSA) is 12.0 Å². The van der Waals surface area contributed by atoms with Crippen molar-refractivity contribution >= 4 is 11.8 Å². The molecule has 0 aromatic carbocycles. The lowest BCUT2D eigenvalue weighted by Gasteiger charge is -2.43. The van der Waals surface area contributed by atoms with Crippen LogP contribution < -0.4 is 5.32 Å². The highest BCUT2D eigenvalue weighted by Crippen LogP contribution is 2.48. The molecule has 4 unspecified atom stereocenters. The van der Waals surface area contributed by atoms with Crippen LogP contribution in [-0.4, -0.2) is 16.7 Å². The predicted octanol–water partition coefficient (Wildman–Crippen LogP) is 3.25. The van der Waals surface area contributed by atoms with Gasteiger partial charge in [-0.3, -0.25) is 5.32 Å². The molecule has 4 atom stereocenters. The lowest BCUT2D eigenvalue weighted by Crippen LogP contribution is -2.50. The first-order valence-corrected chi connectivity index (χ1v) is 7.08. The molecule has 1 N–H and O–H groups in total. The first-order chi connectivity index (χ1) is 6.68. The van der Waals surface area contributed by atoms with Crippen LogP contribution in [0.1, 0.15) is 46.5 Å². The molecule has 82 valence electrons. The van der Waals surface area contributed by atoms with Gasteiger partial charge in [0.25, 0.3) is 0 Å². The summed E-state index contributed by atoms with van der Waals surface area (Å²) in [6, 6.07) is 0.771. The Labute approximate surface area is 92.4 Å². The molecule has 0 bridgehead atoms. The molecule has 0 aromatic rings. The Morgan fingerprint density at radius 2 is 2.21 bits per heavy atom. The Morgan fingerprint density at radius 1 is 1.43 bits per heavy atom. The van der Waals surface area contributed by atoms with Gasteiger partial charge >= 0.3 is 0 Å². The van der Waals surface area contributed by atoms with E-state index in [0.717, 1.165) is 17.9 Å². The molecule has 14 heavy (non-hydrogen) atoms. The Kier molecular flexibility index (Phi) is 3.13. The van der Waals surface area contributed by atoms with Gasteiger partial charge in [-0.15, -0.1) is 11.8 Å². The third-order valence-electron chi connectivity index (χ3n) is 4.28. The summed E-state index contributed by atoms with van der Waals surface area (Å²) in [5, 5.41) is 3.90. The highest BCUT2D eigenvalue weighted by atomic mass is 32.2. The summed E-state index contributed by atoms with van der Waals surface area (Å²) < 4.78 is 0. The Bertz CT molecular complexity index is 206. The van der Waals surface area contributed by atoms with Crippen LogP contribution in [0.15, 0.2) is 0 Å². The zero-order valence-electron chi connectivity index (χ0n) is 9.68. The molecule has 1 saturated carbocycles. The maximum absolute atomic E-state index is 3.90.